The summed E-state index contributed by atoms with van der Waals surface area (Å²) in [6, 6.07) is 5.14. The number of aryl methyl sites for hydroxylation is 1. The van der Waals surface area contributed by atoms with Crippen LogP contribution in [0.25, 0.3) is 0 Å². The molecule has 0 aromatic carbocycles. The quantitative estimate of drug-likeness (QED) is 0.836. The summed E-state index contributed by atoms with van der Waals surface area (Å²) in [5.41, 5.74) is 8.53. The fourth-order valence-corrected chi connectivity index (χ4v) is 2.61. The van der Waals surface area contributed by atoms with Gasteiger partial charge in [-0.3, -0.25) is 4.98 Å². The van der Waals surface area contributed by atoms with E-state index in [1.54, 1.807) is 0 Å². The Morgan fingerprint density at radius 1 is 1.47 bits per heavy atom. The van der Waals surface area contributed by atoms with Crippen LogP contribution >= 0.6 is 0 Å². The van der Waals surface area contributed by atoms with Crippen molar-refractivity contribution in [3.63, 3.8) is 0 Å². The van der Waals surface area contributed by atoms with Gasteiger partial charge in [-0.25, -0.2) is 0 Å². The number of rotatable bonds is 4. The second kappa shape index (κ2) is 6.12. The van der Waals surface area contributed by atoms with Gasteiger partial charge in [0.15, 0.2) is 0 Å². The first-order chi connectivity index (χ1) is 8.29. The van der Waals surface area contributed by atoms with E-state index in [1.165, 1.54) is 30.5 Å². The van der Waals surface area contributed by atoms with Gasteiger partial charge in [-0.15, -0.1) is 0 Å². The van der Waals surface area contributed by atoms with Crippen LogP contribution in [-0.4, -0.2) is 17.1 Å². The third-order valence-corrected chi connectivity index (χ3v) is 3.64. The Hall–Kier alpha value is -0.930. The maximum absolute atomic E-state index is 5.99. The van der Waals surface area contributed by atoms with Gasteiger partial charge in [0.25, 0.3) is 0 Å². The Bertz CT molecular complexity index is 351. The smallest absolute Gasteiger partial charge is 0.0573 e. The van der Waals surface area contributed by atoms with Crippen molar-refractivity contribution < 1.29 is 0 Å². The molecule has 1 aromatic heterocycles. The van der Waals surface area contributed by atoms with Crippen molar-refractivity contribution in [2.75, 3.05) is 0 Å². The van der Waals surface area contributed by atoms with Gasteiger partial charge in [0, 0.05) is 24.8 Å². The van der Waals surface area contributed by atoms with E-state index >= 15 is 0 Å². The Balaban J connectivity index is 1.88. The molecule has 17 heavy (non-hydrogen) atoms. The number of hydrogen-bond acceptors (Lipinski definition) is 3. The summed E-state index contributed by atoms with van der Waals surface area (Å²) in [4.78, 5) is 4.46. The van der Waals surface area contributed by atoms with Crippen LogP contribution in [0.2, 0.25) is 0 Å². The van der Waals surface area contributed by atoms with Crippen molar-refractivity contribution in [1.82, 2.24) is 10.3 Å². The first-order valence-electron chi connectivity index (χ1n) is 6.71. The standard InChI is InChI=1S/C14H23N3/c1-2-11-5-4-8-16-14(11)10-17-13-7-3-6-12(15)9-13/h4-5,8,12-13,17H,2-3,6-7,9-10,15H2,1H3. The average Bonchev–Trinajstić information content (AvgIpc) is 2.37. The van der Waals surface area contributed by atoms with Gasteiger partial charge in [-0.2, -0.15) is 0 Å². The molecular formula is C14H23N3. The highest BCUT2D eigenvalue weighted by atomic mass is 14.9. The highest BCUT2D eigenvalue weighted by Crippen LogP contribution is 2.17. The Morgan fingerprint density at radius 2 is 2.35 bits per heavy atom. The van der Waals surface area contributed by atoms with Crippen LogP contribution in [0.15, 0.2) is 18.3 Å². The zero-order valence-corrected chi connectivity index (χ0v) is 10.7. The van der Waals surface area contributed by atoms with Crippen molar-refractivity contribution in [3.05, 3.63) is 29.6 Å². The van der Waals surface area contributed by atoms with E-state index in [2.05, 4.69) is 23.3 Å². The van der Waals surface area contributed by atoms with E-state index in [4.69, 9.17) is 5.73 Å². The highest BCUT2D eigenvalue weighted by molar-refractivity contribution is 5.19. The molecule has 3 heteroatoms. The second-order valence-corrected chi connectivity index (χ2v) is 4.97. The molecule has 0 radical (unpaired) electrons. The maximum atomic E-state index is 5.99. The van der Waals surface area contributed by atoms with Crippen LogP contribution in [0, 0.1) is 0 Å². The van der Waals surface area contributed by atoms with Gasteiger partial charge < -0.3 is 11.1 Å². The molecule has 3 N–H and O–H groups in total. The van der Waals surface area contributed by atoms with Crippen LogP contribution < -0.4 is 11.1 Å². The van der Waals surface area contributed by atoms with Gasteiger partial charge in [0.1, 0.15) is 0 Å². The normalized spacial score (nSPS) is 24.8. The minimum Gasteiger partial charge on any atom is -0.328 e. The molecule has 0 spiro atoms. The van der Waals surface area contributed by atoms with Gasteiger partial charge in [0.05, 0.1) is 5.69 Å². The number of pyridine rings is 1. The molecule has 2 unspecified atom stereocenters. The first kappa shape index (κ1) is 12.5. The van der Waals surface area contributed by atoms with Crippen molar-refractivity contribution in [1.29, 1.82) is 0 Å². The van der Waals surface area contributed by atoms with Crippen LogP contribution in [0.1, 0.15) is 43.9 Å². The highest BCUT2D eigenvalue weighted by Gasteiger charge is 2.18. The van der Waals surface area contributed by atoms with Gasteiger partial charge in [-0.05, 0) is 37.3 Å². The molecule has 1 heterocycles. The molecular weight excluding hydrogens is 210 g/mol. The molecule has 0 aliphatic heterocycles. The summed E-state index contributed by atoms with van der Waals surface area (Å²) in [7, 11) is 0. The monoisotopic (exact) mass is 233 g/mol. The summed E-state index contributed by atoms with van der Waals surface area (Å²) in [5, 5.41) is 3.60. The molecule has 94 valence electrons. The Kier molecular flexibility index (Phi) is 4.51. The fourth-order valence-electron chi connectivity index (χ4n) is 2.61. The van der Waals surface area contributed by atoms with Crippen LogP contribution in [-0.2, 0) is 13.0 Å². The molecule has 0 saturated heterocycles. The molecule has 1 aliphatic rings. The van der Waals surface area contributed by atoms with E-state index in [0.717, 1.165) is 19.4 Å². The minimum atomic E-state index is 0.385. The summed E-state index contributed by atoms with van der Waals surface area (Å²) in [6.07, 6.45) is 7.72. The largest absolute Gasteiger partial charge is 0.328 e. The minimum absolute atomic E-state index is 0.385. The third kappa shape index (κ3) is 3.51. The van der Waals surface area contributed by atoms with E-state index in [0.29, 0.717) is 12.1 Å². The molecule has 1 saturated carbocycles. The number of aromatic nitrogens is 1. The Labute approximate surface area is 104 Å². The fraction of sp³-hybridized carbons (Fsp3) is 0.643. The summed E-state index contributed by atoms with van der Waals surface area (Å²) in [5.74, 6) is 0. The summed E-state index contributed by atoms with van der Waals surface area (Å²) >= 11 is 0. The lowest BCUT2D eigenvalue weighted by Gasteiger charge is -2.27. The van der Waals surface area contributed by atoms with Crippen molar-refractivity contribution in [2.45, 2.75) is 57.7 Å². The predicted octanol–water partition coefficient (Wildman–Crippen LogP) is 2.00. The third-order valence-electron chi connectivity index (χ3n) is 3.64. The van der Waals surface area contributed by atoms with E-state index < -0.39 is 0 Å². The average molecular weight is 233 g/mol. The van der Waals surface area contributed by atoms with Crippen LogP contribution in [0.3, 0.4) is 0 Å². The first-order valence-corrected chi connectivity index (χ1v) is 6.71. The summed E-state index contributed by atoms with van der Waals surface area (Å²) in [6.45, 7) is 3.05. The number of nitrogens with zero attached hydrogens (tertiary/aromatic N) is 1. The molecule has 1 fully saturated rings. The van der Waals surface area contributed by atoms with Gasteiger partial charge in [0.2, 0.25) is 0 Å². The maximum Gasteiger partial charge on any atom is 0.0573 e. The van der Waals surface area contributed by atoms with Crippen LogP contribution in [0.4, 0.5) is 0 Å². The van der Waals surface area contributed by atoms with E-state index in [-0.39, 0.29) is 0 Å². The Morgan fingerprint density at radius 3 is 3.12 bits per heavy atom. The molecule has 2 rings (SSSR count). The molecule has 1 aromatic rings. The lowest BCUT2D eigenvalue weighted by atomic mass is 9.91. The van der Waals surface area contributed by atoms with Crippen LogP contribution in [0.5, 0.6) is 0 Å². The molecule has 2 atom stereocenters. The number of nitrogens with one attached hydrogen (secondary N) is 1. The molecule has 1 aliphatic carbocycles. The predicted molar refractivity (Wildman–Crippen MR) is 70.7 cm³/mol. The number of hydrogen-bond donors (Lipinski definition) is 2. The van der Waals surface area contributed by atoms with Crippen molar-refractivity contribution >= 4 is 0 Å². The van der Waals surface area contributed by atoms with Crippen molar-refractivity contribution in [2.24, 2.45) is 5.73 Å². The topological polar surface area (TPSA) is 50.9 Å². The van der Waals surface area contributed by atoms with Gasteiger partial charge in [-0.1, -0.05) is 19.4 Å². The SMILES string of the molecule is CCc1cccnc1CNC1CCCC(N)C1. The van der Waals surface area contributed by atoms with E-state index in [9.17, 15) is 0 Å². The number of nitrogens with two attached hydrogens (primary N) is 1. The summed E-state index contributed by atoms with van der Waals surface area (Å²) < 4.78 is 0. The molecule has 0 amide bonds. The zero-order valence-electron chi connectivity index (χ0n) is 10.7. The van der Waals surface area contributed by atoms with E-state index in [1.807, 2.05) is 12.3 Å². The molecule has 3 nitrogen and oxygen atoms in total. The van der Waals surface area contributed by atoms with Crippen molar-refractivity contribution in [3.8, 4) is 0 Å². The lowest BCUT2D eigenvalue weighted by Crippen LogP contribution is -2.39. The van der Waals surface area contributed by atoms with Gasteiger partial charge >= 0.3 is 0 Å². The second-order valence-electron chi connectivity index (χ2n) is 4.97. The molecule has 0 bridgehead atoms. The lowest BCUT2D eigenvalue weighted by molar-refractivity contribution is 0.337. The zero-order chi connectivity index (χ0) is 12.1.